The lowest BCUT2D eigenvalue weighted by Gasteiger charge is -2.25. The Morgan fingerprint density at radius 3 is 2.27 bits per heavy atom. The molecule has 15 heavy (non-hydrogen) atoms. The molecule has 0 aromatic rings. The first-order chi connectivity index (χ1) is 6.96. The first kappa shape index (κ1) is 14.4. The van der Waals surface area contributed by atoms with Gasteiger partial charge in [0.15, 0.2) is 0 Å². The van der Waals surface area contributed by atoms with Gasteiger partial charge in [-0.1, -0.05) is 13.8 Å². The van der Waals surface area contributed by atoms with Crippen LogP contribution in [0.3, 0.4) is 0 Å². The second kappa shape index (κ2) is 6.80. The molecule has 0 saturated carbocycles. The summed E-state index contributed by atoms with van der Waals surface area (Å²) in [6.07, 6.45) is 2.33. The molecule has 4 nitrogen and oxygen atoms in total. The van der Waals surface area contributed by atoms with Gasteiger partial charge in [0.1, 0.15) is 0 Å². The second-order valence-electron chi connectivity index (χ2n) is 4.28. The van der Waals surface area contributed by atoms with Crippen LogP contribution < -0.4 is 11.1 Å². The van der Waals surface area contributed by atoms with Crippen LogP contribution in [-0.2, 0) is 4.79 Å². The van der Waals surface area contributed by atoms with E-state index in [0.717, 1.165) is 13.0 Å². The second-order valence-corrected chi connectivity index (χ2v) is 4.28. The van der Waals surface area contributed by atoms with Crippen molar-refractivity contribution < 1.29 is 4.79 Å². The molecule has 0 atom stereocenters. The van der Waals surface area contributed by atoms with Crippen LogP contribution in [0, 0.1) is 0 Å². The van der Waals surface area contributed by atoms with Crippen LogP contribution in [0.25, 0.3) is 0 Å². The third-order valence-corrected chi connectivity index (χ3v) is 2.78. The van der Waals surface area contributed by atoms with Crippen molar-refractivity contribution in [1.82, 2.24) is 10.2 Å². The fourth-order valence-corrected chi connectivity index (χ4v) is 1.34. The molecule has 0 aliphatic carbocycles. The Balaban J connectivity index is 3.82. The largest absolute Gasteiger partial charge is 0.354 e. The summed E-state index contributed by atoms with van der Waals surface area (Å²) in [5.41, 5.74) is 5.28. The minimum absolute atomic E-state index is 0.0220. The van der Waals surface area contributed by atoms with Gasteiger partial charge >= 0.3 is 0 Å². The van der Waals surface area contributed by atoms with Crippen LogP contribution in [-0.4, -0.2) is 43.5 Å². The van der Waals surface area contributed by atoms with Crippen molar-refractivity contribution in [3.05, 3.63) is 0 Å². The van der Waals surface area contributed by atoms with Gasteiger partial charge in [-0.3, -0.25) is 4.79 Å². The van der Waals surface area contributed by atoms with Gasteiger partial charge in [0, 0.05) is 6.54 Å². The van der Waals surface area contributed by atoms with Crippen molar-refractivity contribution in [3.8, 4) is 0 Å². The Labute approximate surface area is 93.2 Å². The van der Waals surface area contributed by atoms with E-state index in [2.05, 4.69) is 10.2 Å². The zero-order valence-corrected chi connectivity index (χ0v) is 10.5. The first-order valence-electron chi connectivity index (χ1n) is 5.68. The molecular formula is C11H25N3O. The lowest BCUT2D eigenvalue weighted by atomic mass is 9.93. The van der Waals surface area contributed by atoms with E-state index in [0.29, 0.717) is 19.4 Å². The van der Waals surface area contributed by atoms with E-state index in [1.165, 1.54) is 0 Å². The van der Waals surface area contributed by atoms with E-state index in [9.17, 15) is 4.79 Å². The van der Waals surface area contributed by atoms with E-state index in [1.54, 1.807) is 0 Å². The molecule has 0 spiro atoms. The zero-order valence-electron chi connectivity index (χ0n) is 10.5. The Hall–Kier alpha value is -0.610. The molecule has 0 aliphatic heterocycles. The van der Waals surface area contributed by atoms with Crippen LogP contribution in [0.4, 0.5) is 0 Å². The Morgan fingerprint density at radius 1 is 1.33 bits per heavy atom. The fraction of sp³-hybridized carbons (Fsp3) is 0.909. The molecule has 4 heteroatoms. The van der Waals surface area contributed by atoms with E-state index in [1.807, 2.05) is 27.9 Å². The highest BCUT2D eigenvalue weighted by molar-refractivity contribution is 5.85. The van der Waals surface area contributed by atoms with Gasteiger partial charge < -0.3 is 16.0 Å². The Morgan fingerprint density at radius 2 is 1.87 bits per heavy atom. The third-order valence-electron chi connectivity index (χ3n) is 2.78. The van der Waals surface area contributed by atoms with E-state index in [4.69, 9.17) is 5.73 Å². The number of hydrogen-bond donors (Lipinski definition) is 2. The summed E-state index contributed by atoms with van der Waals surface area (Å²) >= 11 is 0. The minimum atomic E-state index is -0.682. The number of nitrogens with zero attached hydrogens (tertiary/aromatic N) is 1. The highest BCUT2D eigenvalue weighted by atomic mass is 16.2. The Kier molecular flexibility index (Phi) is 6.52. The topological polar surface area (TPSA) is 58.4 Å². The number of rotatable bonds is 7. The highest BCUT2D eigenvalue weighted by Gasteiger charge is 2.29. The maximum atomic E-state index is 11.7. The monoisotopic (exact) mass is 215 g/mol. The van der Waals surface area contributed by atoms with Gasteiger partial charge in [0.25, 0.3) is 0 Å². The molecule has 0 aliphatic rings. The van der Waals surface area contributed by atoms with Gasteiger partial charge in [-0.05, 0) is 39.9 Å². The predicted molar refractivity (Wildman–Crippen MR) is 63.7 cm³/mol. The molecule has 0 aromatic heterocycles. The maximum absolute atomic E-state index is 11.7. The summed E-state index contributed by atoms with van der Waals surface area (Å²) < 4.78 is 0. The molecule has 0 aromatic carbocycles. The van der Waals surface area contributed by atoms with Crippen LogP contribution in [0.1, 0.15) is 33.1 Å². The zero-order chi connectivity index (χ0) is 11.9. The van der Waals surface area contributed by atoms with E-state index < -0.39 is 5.54 Å². The first-order valence-corrected chi connectivity index (χ1v) is 5.68. The third kappa shape index (κ3) is 5.14. The van der Waals surface area contributed by atoms with E-state index in [-0.39, 0.29) is 5.91 Å². The van der Waals surface area contributed by atoms with Crippen molar-refractivity contribution in [2.75, 3.05) is 27.2 Å². The maximum Gasteiger partial charge on any atom is 0.240 e. The van der Waals surface area contributed by atoms with Crippen molar-refractivity contribution >= 4 is 5.91 Å². The van der Waals surface area contributed by atoms with Crippen LogP contribution in [0.5, 0.6) is 0 Å². The number of nitrogens with one attached hydrogen (secondary N) is 1. The SMILES string of the molecule is CCC(N)(CC)C(=O)NCCCN(C)C. The lowest BCUT2D eigenvalue weighted by Crippen LogP contribution is -2.53. The molecule has 0 rings (SSSR count). The lowest BCUT2D eigenvalue weighted by molar-refractivity contribution is -0.126. The molecule has 0 fully saturated rings. The summed E-state index contributed by atoms with van der Waals surface area (Å²) in [6, 6.07) is 0. The van der Waals surface area contributed by atoms with Gasteiger partial charge in [-0.2, -0.15) is 0 Å². The van der Waals surface area contributed by atoms with Gasteiger partial charge in [0.2, 0.25) is 5.91 Å². The number of amides is 1. The average molecular weight is 215 g/mol. The van der Waals surface area contributed by atoms with Crippen LogP contribution in [0.2, 0.25) is 0 Å². The van der Waals surface area contributed by atoms with E-state index >= 15 is 0 Å². The predicted octanol–water partition coefficient (Wildman–Crippen LogP) is 0.572. The van der Waals surface area contributed by atoms with Crippen molar-refractivity contribution in [1.29, 1.82) is 0 Å². The number of carbonyl (C=O) groups is 1. The summed E-state index contributed by atoms with van der Waals surface area (Å²) in [4.78, 5) is 13.8. The average Bonchev–Trinajstić information content (AvgIpc) is 2.22. The molecule has 90 valence electrons. The van der Waals surface area contributed by atoms with Gasteiger partial charge in [0.05, 0.1) is 5.54 Å². The van der Waals surface area contributed by atoms with Crippen molar-refractivity contribution in [3.63, 3.8) is 0 Å². The molecule has 0 saturated heterocycles. The van der Waals surface area contributed by atoms with Gasteiger partial charge in [-0.25, -0.2) is 0 Å². The van der Waals surface area contributed by atoms with Crippen LogP contribution >= 0.6 is 0 Å². The molecule has 0 bridgehead atoms. The summed E-state index contributed by atoms with van der Waals surface area (Å²) in [5, 5.41) is 2.89. The molecule has 0 radical (unpaired) electrons. The fourth-order valence-electron chi connectivity index (χ4n) is 1.34. The number of nitrogens with two attached hydrogens (primary N) is 1. The summed E-state index contributed by atoms with van der Waals surface area (Å²) in [7, 11) is 4.04. The Bertz CT molecular complexity index is 188. The highest BCUT2D eigenvalue weighted by Crippen LogP contribution is 2.10. The molecular weight excluding hydrogens is 190 g/mol. The summed E-state index contributed by atoms with van der Waals surface area (Å²) in [6.45, 7) is 5.58. The van der Waals surface area contributed by atoms with Crippen LogP contribution in [0.15, 0.2) is 0 Å². The molecule has 1 amide bonds. The molecule has 0 unspecified atom stereocenters. The quantitative estimate of drug-likeness (QED) is 0.611. The molecule has 3 N–H and O–H groups in total. The smallest absolute Gasteiger partial charge is 0.240 e. The number of carbonyl (C=O) groups excluding carboxylic acids is 1. The van der Waals surface area contributed by atoms with Gasteiger partial charge in [-0.15, -0.1) is 0 Å². The standard InChI is InChI=1S/C11H25N3O/c1-5-11(12,6-2)10(15)13-8-7-9-14(3)4/h5-9,12H2,1-4H3,(H,13,15). The molecule has 0 heterocycles. The minimum Gasteiger partial charge on any atom is -0.354 e. The van der Waals surface area contributed by atoms with Crippen molar-refractivity contribution in [2.24, 2.45) is 5.73 Å². The van der Waals surface area contributed by atoms with Crippen molar-refractivity contribution in [2.45, 2.75) is 38.6 Å². The number of hydrogen-bond acceptors (Lipinski definition) is 3. The normalized spacial score (nSPS) is 11.9. The summed E-state index contributed by atoms with van der Waals surface area (Å²) in [5.74, 6) is -0.0220.